The van der Waals surface area contributed by atoms with E-state index >= 15 is 0 Å². The molecule has 164 valence electrons. The fourth-order valence-electron chi connectivity index (χ4n) is 3.74. The Kier molecular flexibility index (Phi) is 7.07. The monoisotopic (exact) mass is 427 g/mol. The molecule has 1 saturated heterocycles. The third-order valence-electron chi connectivity index (χ3n) is 5.24. The lowest BCUT2D eigenvalue weighted by Crippen LogP contribution is -3.05. The minimum absolute atomic E-state index is 0.0120. The Morgan fingerprint density at radius 2 is 1.74 bits per heavy atom. The summed E-state index contributed by atoms with van der Waals surface area (Å²) in [6.45, 7) is 3.62. The zero-order valence-corrected chi connectivity index (χ0v) is 18.0. The van der Waals surface area contributed by atoms with Crippen LogP contribution in [0.3, 0.4) is 0 Å². The van der Waals surface area contributed by atoms with Crippen LogP contribution in [-0.2, 0) is 9.59 Å². The van der Waals surface area contributed by atoms with Crippen LogP contribution in [0.25, 0.3) is 5.76 Å². The number of quaternary nitrogens is 1. The van der Waals surface area contributed by atoms with Gasteiger partial charge in [0.2, 0.25) is 0 Å². The average Bonchev–Trinajstić information content (AvgIpc) is 2.99. The molecule has 1 aliphatic heterocycles. The lowest BCUT2D eigenvalue weighted by Gasteiger charge is -2.25. The van der Waals surface area contributed by atoms with E-state index in [0.29, 0.717) is 30.9 Å². The van der Waals surface area contributed by atoms with Gasteiger partial charge in [0.25, 0.3) is 11.7 Å². The summed E-state index contributed by atoms with van der Waals surface area (Å²) in [5, 5.41) is 10.9. The van der Waals surface area contributed by atoms with Gasteiger partial charge in [0, 0.05) is 18.5 Å². The molecule has 1 aliphatic rings. The second-order valence-corrected chi connectivity index (χ2v) is 7.81. The number of amides is 1. The Balaban J connectivity index is 2.05. The lowest BCUT2D eigenvalue weighted by atomic mass is 9.95. The maximum atomic E-state index is 13.3. The van der Waals surface area contributed by atoms with Crippen LogP contribution in [-0.4, -0.2) is 55.5 Å². The number of aliphatic hydroxyl groups is 1. The molecule has 0 saturated carbocycles. The lowest BCUT2D eigenvalue weighted by molar-refractivity contribution is -0.858. The summed E-state index contributed by atoms with van der Waals surface area (Å²) in [7, 11) is 4.04. The standard InChI is InChI=1S/C24H27FN2O4/c1-4-31-19-12-8-16(9-13-19)21-20(22(28)17-6-10-18(25)11-7-17)23(29)24(30)27(21)15-5-14-26(2)3/h6-13,21,28H,4-5,14-15H2,1-3H3/p+1/b22-20-/t21-/m0/s1. The van der Waals surface area contributed by atoms with Gasteiger partial charge in [-0.15, -0.1) is 0 Å². The van der Waals surface area contributed by atoms with Crippen LogP contribution in [0.1, 0.15) is 30.5 Å². The van der Waals surface area contributed by atoms with Gasteiger partial charge < -0.3 is 19.6 Å². The van der Waals surface area contributed by atoms with Crippen LogP contribution in [0.15, 0.2) is 54.1 Å². The van der Waals surface area contributed by atoms with Crippen molar-refractivity contribution in [3.05, 3.63) is 71.0 Å². The molecule has 2 N–H and O–H groups in total. The molecule has 2 aromatic carbocycles. The maximum absolute atomic E-state index is 13.3. The number of rotatable bonds is 8. The van der Waals surface area contributed by atoms with Gasteiger partial charge in [-0.25, -0.2) is 4.39 Å². The smallest absolute Gasteiger partial charge is 0.295 e. The largest absolute Gasteiger partial charge is 0.507 e. The number of benzene rings is 2. The second-order valence-electron chi connectivity index (χ2n) is 7.81. The number of likely N-dealkylation sites (tertiary alicyclic amines) is 1. The van der Waals surface area contributed by atoms with Gasteiger partial charge in [0.1, 0.15) is 17.3 Å². The molecule has 3 rings (SSSR count). The molecule has 2 aromatic rings. The predicted molar refractivity (Wildman–Crippen MR) is 115 cm³/mol. The van der Waals surface area contributed by atoms with Crippen molar-refractivity contribution in [2.24, 2.45) is 0 Å². The zero-order chi connectivity index (χ0) is 22.5. The Morgan fingerprint density at radius 3 is 2.32 bits per heavy atom. The van der Waals surface area contributed by atoms with Crippen LogP contribution in [0.4, 0.5) is 4.39 Å². The van der Waals surface area contributed by atoms with E-state index in [4.69, 9.17) is 4.74 Å². The SMILES string of the molecule is CCOc1ccc([C@H]2/C(=C(/O)c3ccc(F)cc3)C(=O)C(=O)N2CCC[NH+](C)C)cc1. The van der Waals surface area contributed by atoms with Crippen LogP contribution in [0.5, 0.6) is 5.75 Å². The summed E-state index contributed by atoms with van der Waals surface area (Å²) < 4.78 is 18.8. The molecule has 0 spiro atoms. The molecule has 0 aliphatic carbocycles. The van der Waals surface area contributed by atoms with Crippen molar-refractivity contribution >= 4 is 17.4 Å². The minimum Gasteiger partial charge on any atom is -0.507 e. The van der Waals surface area contributed by atoms with Gasteiger partial charge in [-0.2, -0.15) is 0 Å². The number of halogens is 1. The predicted octanol–water partition coefficient (Wildman–Crippen LogP) is 2.18. The quantitative estimate of drug-likeness (QED) is 0.385. The van der Waals surface area contributed by atoms with E-state index in [2.05, 4.69) is 0 Å². The first kappa shape index (κ1) is 22.5. The first-order valence-electron chi connectivity index (χ1n) is 10.4. The van der Waals surface area contributed by atoms with Gasteiger partial charge in [0.05, 0.1) is 38.9 Å². The van der Waals surface area contributed by atoms with Crippen molar-refractivity contribution in [2.45, 2.75) is 19.4 Å². The molecule has 1 atom stereocenters. The summed E-state index contributed by atoms with van der Waals surface area (Å²) in [6.07, 6.45) is 0.708. The fourth-order valence-corrected chi connectivity index (χ4v) is 3.74. The number of nitrogens with one attached hydrogen (secondary N) is 1. The summed E-state index contributed by atoms with van der Waals surface area (Å²) in [5.41, 5.74) is 0.995. The number of carbonyl (C=O) groups excluding carboxylic acids is 2. The molecule has 6 nitrogen and oxygen atoms in total. The molecule has 0 radical (unpaired) electrons. The van der Waals surface area contributed by atoms with Crippen LogP contribution in [0.2, 0.25) is 0 Å². The molecule has 0 aromatic heterocycles. The van der Waals surface area contributed by atoms with Crippen molar-refractivity contribution in [1.82, 2.24) is 4.90 Å². The van der Waals surface area contributed by atoms with Crippen molar-refractivity contribution in [1.29, 1.82) is 0 Å². The summed E-state index contributed by atoms with van der Waals surface area (Å²) in [4.78, 5) is 28.6. The van der Waals surface area contributed by atoms with Crippen molar-refractivity contribution in [2.75, 3.05) is 33.8 Å². The number of aliphatic hydroxyl groups excluding tert-OH is 1. The third kappa shape index (κ3) is 4.94. The first-order valence-corrected chi connectivity index (χ1v) is 10.4. The number of ketones is 1. The Bertz CT molecular complexity index is 968. The molecule has 1 amide bonds. The van der Waals surface area contributed by atoms with E-state index < -0.39 is 23.5 Å². The summed E-state index contributed by atoms with van der Waals surface area (Å²) in [6, 6.07) is 11.6. The maximum Gasteiger partial charge on any atom is 0.295 e. The zero-order valence-electron chi connectivity index (χ0n) is 18.0. The number of ether oxygens (including phenoxy) is 1. The third-order valence-corrected chi connectivity index (χ3v) is 5.24. The summed E-state index contributed by atoms with van der Waals surface area (Å²) in [5.74, 6) is -1.46. The topological polar surface area (TPSA) is 71.3 Å². The number of hydrogen-bond acceptors (Lipinski definition) is 4. The molecule has 7 heteroatoms. The molecular formula is C24H28FN2O4+. The fraction of sp³-hybridized carbons (Fsp3) is 0.333. The summed E-state index contributed by atoms with van der Waals surface area (Å²) >= 11 is 0. The van der Waals surface area contributed by atoms with Gasteiger partial charge in [-0.1, -0.05) is 12.1 Å². The Labute approximate surface area is 181 Å². The van der Waals surface area contributed by atoms with Gasteiger partial charge >= 0.3 is 0 Å². The number of carbonyl (C=O) groups is 2. The number of hydrogen-bond donors (Lipinski definition) is 2. The highest BCUT2D eigenvalue weighted by atomic mass is 19.1. The van der Waals surface area contributed by atoms with Crippen molar-refractivity contribution in [3.8, 4) is 5.75 Å². The molecule has 31 heavy (non-hydrogen) atoms. The Morgan fingerprint density at radius 1 is 1.10 bits per heavy atom. The molecule has 0 unspecified atom stereocenters. The van der Waals surface area contributed by atoms with Crippen molar-refractivity contribution in [3.63, 3.8) is 0 Å². The minimum atomic E-state index is -0.738. The van der Waals surface area contributed by atoms with E-state index in [9.17, 15) is 19.1 Å². The number of Topliss-reactive ketones (excluding diaryl/α,β-unsaturated/α-hetero) is 1. The van der Waals surface area contributed by atoms with Gasteiger partial charge in [-0.3, -0.25) is 9.59 Å². The van der Waals surface area contributed by atoms with Crippen LogP contribution in [0, 0.1) is 5.82 Å². The first-order chi connectivity index (χ1) is 14.8. The van der Waals surface area contributed by atoms with E-state index in [1.807, 2.05) is 21.0 Å². The molecule has 1 fully saturated rings. The van der Waals surface area contributed by atoms with E-state index in [1.165, 1.54) is 34.1 Å². The van der Waals surface area contributed by atoms with Gasteiger partial charge in [0.15, 0.2) is 0 Å². The highest BCUT2D eigenvalue weighted by molar-refractivity contribution is 6.46. The second kappa shape index (κ2) is 9.75. The number of nitrogens with zero attached hydrogens (tertiary/aromatic N) is 1. The average molecular weight is 427 g/mol. The van der Waals surface area contributed by atoms with Crippen molar-refractivity contribution < 1.29 is 28.7 Å². The molecular weight excluding hydrogens is 399 g/mol. The van der Waals surface area contributed by atoms with E-state index in [-0.39, 0.29) is 16.9 Å². The van der Waals surface area contributed by atoms with Gasteiger partial charge in [-0.05, 0) is 48.9 Å². The van der Waals surface area contributed by atoms with Crippen LogP contribution < -0.4 is 9.64 Å². The normalized spacial score (nSPS) is 18.1. The Hall–Kier alpha value is -3.19. The highest BCUT2D eigenvalue weighted by Gasteiger charge is 2.45. The van der Waals surface area contributed by atoms with E-state index in [0.717, 1.165) is 6.54 Å². The highest BCUT2D eigenvalue weighted by Crippen LogP contribution is 2.39. The van der Waals surface area contributed by atoms with Crippen LogP contribution >= 0.6 is 0 Å². The molecule has 1 heterocycles. The van der Waals surface area contributed by atoms with E-state index in [1.54, 1.807) is 24.3 Å². The molecule has 0 bridgehead atoms.